The molecule has 2 heterocycles. The molecule has 1 aliphatic rings. The van der Waals surface area contributed by atoms with Crippen molar-refractivity contribution in [3.8, 4) is 5.75 Å². The van der Waals surface area contributed by atoms with E-state index in [4.69, 9.17) is 21.1 Å². The van der Waals surface area contributed by atoms with Crippen LogP contribution in [0.25, 0.3) is 0 Å². The van der Waals surface area contributed by atoms with E-state index in [0.29, 0.717) is 21.5 Å². The summed E-state index contributed by atoms with van der Waals surface area (Å²) in [5.74, 6) is 0.179. The van der Waals surface area contributed by atoms with Crippen molar-refractivity contribution in [2.75, 3.05) is 25.5 Å². The Labute approximate surface area is 162 Å². The number of nitrogens with one attached hydrogen (secondary N) is 1. The number of hydrogen-bond donors (Lipinski definition) is 1. The minimum absolute atomic E-state index is 0.215. The summed E-state index contributed by atoms with van der Waals surface area (Å²) < 4.78 is 11.0. The van der Waals surface area contributed by atoms with Gasteiger partial charge in [-0.15, -0.1) is 11.3 Å². The number of benzene rings is 1. The number of hydrogen-bond acceptors (Lipinski definition) is 6. The Morgan fingerprint density at radius 3 is 2.85 bits per heavy atom. The van der Waals surface area contributed by atoms with E-state index in [2.05, 4.69) is 29.0 Å². The number of morpholine rings is 1. The van der Waals surface area contributed by atoms with Gasteiger partial charge < -0.3 is 9.47 Å². The van der Waals surface area contributed by atoms with Gasteiger partial charge in [0.2, 0.25) is 0 Å². The topological polar surface area (TPSA) is 63.7 Å². The molecule has 0 saturated carbocycles. The van der Waals surface area contributed by atoms with E-state index < -0.39 is 0 Å². The normalized spacial score (nSPS) is 20.8. The first-order valence-electron chi connectivity index (χ1n) is 8.41. The second-order valence-electron chi connectivity index (χ2n) is 6.39. The lowest BCUT2D eigenvalue weighted by Gasteiger charge is -2.34. The van der Waals surface area contributed by atoms with Crippen molar-refractivity contribution in [3.63, 3.8) is 0 Å². The minimum Gasteiger partial charge on any atom is -0.496 e. The van der Waals surface area contributed by atoms with Crippen LogP contribution >= 0.6 is 22.9 Å². The summed E-state index contributed by atoms with van der Waals surface area (Å²) in [5, 5.41) is 5.82. The molecular weight excluding hydrogens is 374 g/mol. The monoisotopic (exact) mass is 395 g/mol. The molecule has 1 N–H and O–H groups in total. The van der Waals surface area contributed by atoms with Crippen molar-refractivity contribution < 1.29 is 14.3 Å². The molecule has 1 amide bonds. The molecule has 3 rings (SSSR count). The van der Waals surface area contributed by atoms with Crippen molar-refractivity contribution in [2.45, 2.75) is 32.6 Å². The second-order valence-corrected chi connectivity index (χ2v) is 7.69. The van der Waals surface area contributed by atoms with Gasteiger partial charge in [-0.2, -0.15) is 0 Å². The van der Waals surface area contributed by atoms with Crippen LogP contribution in [-0.2, 0) is 11.3 Å². The van der Waals surface area contributed by atoms with Crippen molar-refractivity contribution in [1.82, 2.24) is 9.88 Å². The average Bonchev–Trinajstić information content (AvgIpc) is 3.00. The van der Waals surface area contributed by atoms with Gasteiger partial charge in [-0.05, 0) is 32.0 Å². The third-order valence-corrected chi connectivity index (χ3v) is 5.10. The SMILES string of the molecule is COc1ccc(Cl)cc1C(=O)Nc1nc(CN2CC(C)OC(C)C2)cs1. The predicted molar refractivity (Wildman–Crippen MR) is 103 cm³/mol. The Bertz CT molecular complexity index is 773. The summed E-state index contributed by atoms with van der Waals surface area (Å²) in [5.41, 5.74) is 1.32. The molecule has 6 nitrogen and oxygen atoms in total. The minimum atomic E-state index is -0.293. The van der Waals surface area contributed by atoms with Crippen LogP contribution in [0.5, 0.6) is 5.75 Å². The molecule has 2 aromatic rings. The van der Waals surface area contributed by atoms with Crippen molar-refractivity contribution >= 4 is 34.0 Å². The molecular formula is C18H22ClN3O3S. The van der Waals surface area contributed by atoms with Gasteiger partial charge in [0, 0.05) is 30.0 Å². The van der Waals surface area contributed by atoms with Crippen LogP contribution in [0, 0.1) is 0 Å². The highest BCUT2D eigenvalue weighted by Gasteiger charge is 2.23. The van der Waals surface area contributed by atoms with E-state index in [1.165, 1.54) is 18.4 Å². The van der Waals surface area contributed by atoms with Gasteiger partial charge in [0.1, 0.15) is 5.75 Å². The maximum Gasteiger partial charge on any atom is 0.261 e. The zero-order valence-electron chi connectivity index (χ0n) is 15.0. The summed E-state index contributed by atoms with van der Waals surface area (Å²) in [4.78, 5) is 19.4. The van der Waals surface area contributed by atoms with Gasteiger partial charge in [0.15, 0.2) is 5.13 Å². The fourth-order valence-corrected chi connectivity index (χ4v) is 3.97. The lowest BCUT2D eigenvalue weighted by molar-refractivity contribution is -0.0707. The Morgan fingerprint density at radius 2 is 2.15 bits per heavy atom. The summed E-state index contributed by atoms with van der Waals surface area (Å²) in [6.07, 6.45) is 0.429. The standard InChI is InChI=1S/C18H22ClN3O3S/c1-11-7-22(8-12(2)25-11)9-14-10-26-18(20-14)21-17(23)15-6-13(19)4-5-16(15)24-3/h4-6,10-12H,7-9H2,1-3H3,(H,20,21,23). The third-order valence-electron chi connectivity index (χ3n) is 4.06. The molecule has 2 unspecified atom stereocenters. The molecule has 8 heteroatoms. The van der Waals surface area contributed by atoms with Crippen LogP contribution in [0.1, 0.15) is 29.9 Å². The lowest BCUT2D eigenvalue weighted by atomic mass is 10.2. The Kier molecular flexibility index (Phi) is 6.13. The molecule has 1 aromatic heterocycles. The first-order valence-corrected chi connectivity index (χ1v) is 9.67. The molecule has 1 aromatic carbocycles. The van der Waals surface area contributed by atoms with Gasteiger partial charge in [0.25, 0.3) is 5.91 Å². The van der Waals surface area contributed by atoms with E-state index in [0.717, 1.165) is 25.3 Å². The van der Waals surface area contributed by atoms with Crippen LogP contribution in [-0.4, -0.2) is 48.2 Å². The van der Waals surface area contributed by atoms with Gasteiger partial charge >= 0.3 is 0 Å². The summed E-state index contributed by atoms with van der Waals surface area (Å²) in [6.45, 7) is 6.65. The maximum atomic E-state index is 12.5. The molecule has 2 atom stereocenters. The zero-order chi connectivity index (χ0) is 18.7. The molecule has 0 radical (unpaired) electrons. The molecule has 0 spiro atoms. The van der Waals surface area contributed by atoms with Crippen LogP contribution in [0.4, 0.5) is 5.13 Å². The van der Waals surface area contributed by atoms with Crippen molar-refractivity contribution in [3.05, 3.63) is 39.9 Å². The number of carbonyl (C=O) groups excluding carboxylic acids is 1. The average molecular weight is 396 g/mol. The number of anilines is 1. The van der Waals surface area contributed by atoms with Crippen LogP contribution in [0.2, 0.25) is 5.02 Å². The summed E-state index contributed by atoms with van der Waals surface area (Å²) in [7, 11) is 1.52. The van der Waals surface area contributed by atoms with Crippen LogP contribution in [0.15, 0.2) is 23.6 Å². The van der Waals surface area contributed by atoms with E-state index in [9.17, 15) is 4.79 Å². The van der Waals surface area contributed by atoms with E-state index in [1.807, 2.05) is 5.38 Å². The van der Waals surface area contributed by atoms with E-state index in [1.54, 1.807) is 18.2 Å². The molecule has 1 fully saturated rings. The highest BCUT2D eigenvalue weighted by atomic mass is 35.5. The number of amides is 1. The van der Waals surface area contributed by atoms with Gasteiger partial charge in [-0.3, -0.25) is 15.0 Å². The molecule has 26 heavy (non-hydrogen) atoms. The number of aromatic nitrogens is 1. The largest absolute Gasteiger partial charge is 0.496 e. The number of halogens is 1. The highest BCUT2D eigenvalue weighted by molar-refractivity contribution is 7.14. The molecule has 0 aliphatic carbocycles. The third kappa shape index (κ3) is 4.73. The fourth-order valence-electron chi connectivity index (χ4n) is 3.10. The summed E-state index contributed by atoms with van der Waals surface area (Å²) in [6, 6.07) is 4.94. The van der Waals surface area contributed by atoms with Gasteiger partial charge in [0.05, 0.1) is 30.6 Å². The molecule has 140 valence electrons. The number of ether oxygens (including phenoxy) is 2. The van der Waals surface area contributed by atoms with Gasteiger partial charge in [-0.25, -0.2) is 4.98 Å². The Balaban J connectivity index is 1.65. The first kappa shape index (κ1) is 19.1. The van der Waals surface area contributed by atoms with Crippen molar-refractivity contribution in [1.29, 1.82) is 0 Å². The van der Waals surface area contributed by atoms with Gasteiger partial charge in [-0.1, -0.05) is 11.6 Å². The van der Waals surface area contributed by atoms with Crippen LogP contribution < -0.4 is 10.1 Å². The quantitative estimate of drug-likeness (QED) is 0.836. The molecule has 1 aliphatic heterocycles. The zero-order valence-corrected chi connectivity index (χ0v) is 16.6. The molecule has 0 bridgehead atoms. The first-order chi connectivity index (χ1) is 12.4. The molecule has 1 saturated heterocycles. The number of carbonyl (C=O) groups is 1. The maximum absolute atomic E-state index is 12.5. The number of rotatable bonds is 5. The highest BCUT2D eigenvalue weighted by Crippen LogP contribution is 2.25. The Hall–Kier alpha value is -1.67. The van der Waals surface area contributed by atoms with Crippen LogP contribution in [0.3, 0.4) is 0 Å². The lowest BCUT2D eigenvalue weighted by Crippen LogP contribution is -2.44. The number of methoxy groups -OCH3 is 1. The second kappa shape index (κ2) is 8.35. The summed E-state index contributed by atoms with van der Waals surface area (Å²) >= 11 is 7.40. The smallest absolute Gasteiger partial charge is 0.261 e. The number of nitrogens with zero attached hydrogens (tertiary/aromatic N) is 2. The fraction of sp³-hybridized carbons (Fsp3) is 0.444. The predicted octanol–water partition coefficient (Wildman–Crippen LogP) is 3.67. The van der Waals surface area contributed by atoms with E-state index in [-0.39, 0.29) is 18.1 Å². The Morgan fingerprint density at radius 1 is 1.42 bits per heavy atom. The number of thiazole rings is 1. The van der Waals surface area contributed by atoms with E-state index >= 15 is 0 Å². The van der Waals surface area contributed by atoms with Crippen molar-refractivity contribution in [2.24, 2.45) is 0 Å².